The molecule has 0 aromatic heterocycles. The first-order valence-corrected chi connectivity index (χ1v) is 11.2. The summed E-state index contributed by atoms with van der Waals surface area (Å²) in [6.07, 6.45) is 0. The summed E-state index contributed by atoms with van der Waals surface area (Å²) in [5, 5.41) is 0. The van der Waals surface area contributed by atoms with Crippen LogP contribution in [0.3, 0.4) is 0 Å². The van der Waals surface area contributed by atoms with Crippen LogP contribution in [0.25, 0.3) is 0 Å². The minimum Gasteiger partial charge on any atom is -0.306 e. The van der Waals surface area contributed by atoms with Gasteiger partial charge in [-0.2, -0.15) is 0 Å². The fourth-order valence-corrected chi connectivity index (χ4v) is 7.24. The maximum Gasteiger partial charge on any atom is 0.319 e. The molecule has 1 heterocycles. The molecule has 0 radical (unpaired) electrons. The number of carbonyl (C=O) groups excluding carboxylic acids is 2. The number of imide groups is 1. The monoisotopic (exact) mass is 332 g/mol. The van der Waals surface area contributed by atoms with Gasteiger partial charge < -0.3 is 4.90 Å². The maximum atomic E-state index is 13.3. The van der Waals surface area contributed by atoms with E-state index in [1.807, 2.05) is 44.2 Å². The lowest BCUT2D eigenvalue weighted by molar-refractivity contribution is -0.126. The molecule has 2 rings (SSSR count). The predicted octanol–water partition coefficient (Wildman–Crippen LogP) is 4.41. The first-order chi connectivity index (χ1) is 10.9. The molecular weight excluding hydrogens is 304 g/mol. The van der Waals surface area contributed by atoms with Crippen LogP contribution in [-0.2, 0) is 4.79 Å². The van der Waals surface area contributed by atoms with E-state index in [4.69, 9.17) is 0 Å². The summed E-state index contributed by atoms with van der Waals surface area (Å²) >= 11 is 0. The van der Waals surface area contributed by atoms with Gasteiger partial charge in [0.25, 0.3) is 0 Å². The summed E-state index contributed by atoms with van der Waals surface area (Å²) in [6.45, 7) is 10.3. The zero-order valence-electron chi connectivity index (χ0n) is 14.9. The lowest BCUT2D eigenvalue weighted by Gasteiger charge is -2.36. The summed E-state index contributed by atoms with van der Waals surface area (Å²) in [7, 11) is -2.08. The van der Waals surface area contributed by atoms with Crippen molar-refractivity contribution in [1.29, 1.82) is 0 Å². The number of carbonyl (C=O) groups is 2. The molecule has 1 saturated heterocycles. The Balaban J connectivity index is 2.53. The van der Waals surface area contributed by atoms with Crippen LogP contribution in [0.15, 0.2) is 30.3 Å². The number of hydrogen-bond acceptors (Lipinski definition) is 2. The molecule has 0 bridgehead atoms. The molecule has 0 saturated carbocycles. The molecule has 1 aliphatic rings. The highest BCUT2D eigenvalue weighted by Crippen LogP contribution is 2.38. The van der Waals surface area contributed by atoms with E-state index in [9.17, 15) is 9.59 Å². The van der Waals surface area contributed by atoms with E-state index < -0.39 is 14.3 Å². The van der Waals surface area contributed by atoms with E-state index in [2.05, 4.69) is 20.8 Å². The van der Waals surface area contributed by atoms with Gasteiger partial charge in [-0.05, 0) is 37.5 Å². The maximum absolute atomic E-state index is 13.3. The van der Waals surface area contributed by atoms with Crippen molar-refractivity contribution in [1.82, 2.24) is 9.47 Å². The van der Waals surface area contributed by atoms with Crippen molar-refractivity contribution in [3.05, 3.63) is 35.9 Å². The predicted molar refractivity (Wildman–Crippen MR) is 95.6 cm³/mol. The zero-order valence-corrected chi connectivity index (χ0v) is 15.9. The van der Waals surface area contributed by atoms with E-state index in [0.29, 0.717) is 0 Å². The third-order valence-electron chi connectivity index (χ3n) is 5.26. The number of nitrogens with zero attached hydrogens (tertiary/aromatic N) is 2. The molecule has 23 heavy (non-hydrogen) atoms. The molecule has 5 heteroatoms. The standard InChI is InChI=1S/C18H28N2O2Si/c1-6-23(7-2,8-3)20-17(21)16(15-12-10-9-11-13-15)19(14(4)5)18(20)22/h9-14,16H,6-8H2,1-5H3. The van der Waals surface area contributed by atoms with E-state index in [1.54, 1.807) is 9.47 Å². The Morgan fingerprint density at radius 1 is 1.00 bits per heavy atom. The Morgan fingerprint density at radius 2 is 1.52 bits per heavy atom. The Hall–Kier alpha value is -1.62. The molecule has 4 nitrogen and oxygen atoms in total. The highest BCUT2D eigenvalue weighted by atomic mass is 28.3. The van der Waals surface area contributed by atoms with Crippen molar-refractivity contribution < 1.29 is 9.59 Å². The van der Waals surface area contributed by atoms with Crippen molar-refractivity contribution in [3.63, 3.8) is 0 Å². The average molecular weight is 333 g/mol. The summed E-state index contributed by atoms with van der Waals surface area (Å²) < 4.78 is 1.69. The second-order valence-electron chi connectivity index (χ2n) is 6.56. The van der Waals surface area contributed by atoms with Crippen LogP contribution >= 0.6 is 0 Å². The molecule has 0 aliphatic carbocycles. The van der Waals surface area contributed by atoms with Crippen molar-refractivity contribution in [3.8, 4) is 0 Å². The second-order valence-corrected chi connectivity index (χ2v) is 11.6. The average Bonchev–Trinajstić information content (AvgIpc) is 2.83. The van der Waals surface area contributed by atoms with Gasteiger partial charge in [0.15, 0.2) is 8.24 Å². The molecule has 1 aliphatic heterocycles. The smallest absolute Gasteiger partial charge is 0.306 e. The largest absolute Gasteiger partial charge is 0.319 e. The summed E-state index contributed by atoms with van der Waals surface area (Å²) in [5.41, 5.74) is 0.910. The lowest BCUT2D eigenvalue weighted by Crippen LogP contribution is -2.55. The topological polar surface area (TPSA) is 40.6 Å². The number of benzene rings is 1. The van der Waals surface area contributed by atoms with Crippen LogP contribution in [-0.4, -0.2) is 35.7 Å². The molecule has 1 unspecified atom stereocenters. The van der Waals surface area contributed by atoms with E-state index in [0.717, 1.165) is 23.7 Å². The Bertz CT molecular complexity index is 561. The van der Waals surface area contributed by atoms with Crippen LogP contribution in [0, 0.1) is 0 Å². The third kappa shape index (κ3) is 2.82. The zero-order chi connectivity index (χ0) is 17.2. The van der Waals surface area contributed by atoms with Gasteiger partial charge in [-0.1, -0.05) is 51.1 Å². The van der Waals surface area contributed by atoms with E-state index >= 15 is 0 Å². The highest BCUT2D eigenvalue weighted by molar-refractivity contribution is 6.81. The fourth-order valence-electron chi connectivity index (χ4n) is 3.68. The van der Waals surface area contributed by atoms with Crippen LogP contribution in [0.2, 0.25) is 18.1 Å². The van der Waals surface area contributed by atoms with Gasteiger partial charge in [-0.25, -0.2) is 4.79 Å². The van der Waals surface area contributed by atoms with Crippen LogP contribution < -0.4 is 0 Å². The minimum atomic E-state index is -2.08. The fraction of sp³-hybridized carbons (Fsp3) is 0.556. The first-order valence-electron chi connectivity index (χ1n) is 8.64. The van der Waals surface area contributed by atoms with Gasteiger partial charge in [0, 0.05) is 6.04 Å². The van der Waals surface area contributed by atoms with E-state index in [-0.39, 0.29) is 18.0 Å². The summed E-state index contributed by atoms with van der Waals surface area (Å²) in [4.78, 5) is 28.1. The lowest BCUT2D eigenvalue weighted by atomic mass is 10.1. The molecule has 1 fully saturated rings. The number of rotatable bonds is 6. The molecule has 0 spiro atoms. The normalized spacial score (nSPS) is 19.1. The molecule has 0 N–H and O–H groups in total. The SMILES string of the molecule is CC[Si](CC)(CC)N1C(=O)C(c2ccccc2)N(C(C)C)C1=O. The van der Waals surface area contributed by atoms with Gasteiger partial charge in [0.2, 0.25) is 5.91 Å². The quantitative estimate of drug-likeness (QED) is 0.572. The van der Waals surface area contributed by atoms with Crippen molar-refractivity contribution in [2.45, 2.75) is 64.8 Å². The molecule has 3 amide bonds. The number of urea groups is 1. The van der Waals surface area contributed by atoms with Crippen molar-refractivity contribution in [2.75, 3.05) is 0 Å². The van der Waals surface area contributed by atoms with Crippen LogP contribution in [0.4, 0.5) is 4.79 Å². The number of hydrogen-bond donors (Lipinski definition) is 0. The van der Waals surface area contributed by atoms with Gasteiger partial charge in [0.05, 0.1) is 0 Å². The van der Waals surface area contributed by atoms with Crippen molar-refractivity contribution >= 4 is 20.2 Å². The number of amides is 3. The Morgan fingerprint density at radius 3 is 1.96 bits per heavy atom. The van der Waals surface area contributed by atoms with E-state index in [1.165, 1.54) is 0 Å². The first kappa shape index (κ1) is 17.7. The molecule has 126 valence electrons. The van der Waals surface area contributed by atoms with Gasteiger partial charge in [0.1, 0.15) is 6.04 Å². The molecule has 1 aromatic rings. The summed E-state index contributed by atoms with van der Waals surface area (Å²) in [6, 6.07) is 11.9. The third-order valence-corrected chi connectivity index (χ3v) is 10.6. The van der Waals surface area contributed by atoms with Crippen molar-refractivity contribution in [2.24, 2.45) is 0 Å². The van der Waals surface area contributed by atoms with Crippen LogP contribution in [0.1, 0.15) is 46.2 Å². The molecule has 1 atom stereocenters. The summed E-state index contributed by atoms with van der Waals surface area (Å²) in [5.74, 6) is -0.0212. The molecular formula is C18H28N2O2Si. The van der Waals surface area contributed by atoms with Gasteiger partial charge in [-0.15, -0.1) is 0 Å². The Labute approximate surface area is 140 Å². The Kier molecular flexibility index (Phi) is 5.29. The van der Waals surface area contributed by atoms with Gasteiger partial charge >= 0.3 is 6.03 Å². The van der Waals surface area contributed by atoms with Crippen LogP contribution in [0.5, 0.6) is 0 Å². The van der Waals surface area contributed by atoms with Gasteiger partial charge in [-0.3, -0.25) is 9.36 Å². The highest BCUT2D eigenvalue weighted by Gasteiger charge is 2.54. The molecule has 1 aromatic carbocycles. The minimum absolute atomic E-state index is 0.000996. The second kappa shape index (κ2) is 6.87.